The quantitative estimate of drug-likeness (QED) is 0.778. The molecule has 1 N–H and O–H groups in total. The van der Waals surface area contributed by atoms with Gasteiger partial charge in [-0.15, -0.1) is 12.4 Å². The van der Waals surface area contributed by atoms with Gasteiger partial charge in [-0.05, 0) is 29.8 Å². The van der Waals surface area contributed by atoms with Crippen LogP contribution in [0.2, 0.25) is 0 Å². The summed E-state index contributed by atoms with van der Waals surface area (Å²) in [6.45, 7) is 3.45. The molecular formula is C19H22ClFN4. The Hall–Kier alpha value is -1.95. The molecule has 0 aliphatic carbocycles. The number of fused-ring (bicyclic) bond motifs is 1. The molecule has 1 saturated heterocycles. The summed E-state index contributed by atoms with van der Waals surface area (Å²) in [5, 5.41) is 3.42. The molecule has 1 aromatic heterocycles. The Morgan fingerprint density at radius 1 is 1.20 bits per heavy atom. The third kappa shape index (κ3) is 3.54. The van der Waals surface area contributed by atoms with Gasteiger partial charge in [0.05, 0.1) is 17.6 Å². The monoisotopic (exact) mass is 360 g/mol. The second kappa shape index (κ2) is 7.52. The van der Waals surface area contributed by atoms with Gasteiger partial charge in [0.2, 0.25) is 0 Å². The van der Waals surface area contributed by atoms with Crippen LogP contribution in [0.5, 0.6) is 0 Å². The van der Waals surface area contributed by atoms with E-state index in [1.165, 1.54) is 6.07 Å². The first-order valence-corrected chi connectivity index (χ1v) is 8.33. The first-order chi connectivity index (χ1) is 11.7. The van der Waals surface area contributed by atoms with Crippen molar-refractivity contribution in [2.24, 2.45) is 7.05 Å². The minimum absolute atomic E-state index is 0. The average Bonchev–Trinajstić information content (AvgIpc) is 2.92. The van der Waals surface area contributed by atoms with Crippen molar-refractivity contribution in [3.63, 3.8) is 0 Å². The van der Waals surface area contributed by atoms with Crippen LogP contribution >= 0.6 is 12.4 Å². The molecule has 1 aliphatic heterocycles. The van der Waals surface area contributed by atoms with Crippen LogP contribution in [0, 0.1) is 5.82 Å². The van der Waals surface area contributed by atoms with E-state index in [1.54, 1.807) is 12.1 Å². The highest BCUT2D eigenvalue weighted by Crippen LogP contribution is 2.25. The van der Waals surface area contributed by atoms with Gasteiger partial charge in [-0.3, -0.25) is 4.90 Å². The Kier molecular flexibility index (Phi) is 5.37. The van der Waals surface area contributed by atoms with Crippen LogP contribution in [-0.4, -0.2) is 34.1 Å². The van der Waals surface area contributed by atoms with Crippen molar-refractivity contribution < 1.29 is 4.39 Å². The number of hydrogen-bond donors (Lipinski definition) is 1. The van der Waals surface area contributed by atoms with Crippen LogP contribution in [0.3, 0.4) is 0 Å². The lowest BCUT2D eigenvalue weighted by atomic mass is 10.0. The molecule has 0 amide bonds. The minimum atomic E-state index is -0.180. The molecule has 2 aromatic carbocycles. The lowest BCUT2D eigenvalue weighted by Crippen LogP contribution is -2.45. The molecule has 132 valence electrons. The summed E-state index contributed by atoms with van der Waals surface area (Å²) in [6.07, 6.45) is 0. The molecule has 2 heterocycles. The SMILES string of the molecule is Cl.Cn1c(CN2CCNCC2c2cccc(F)c2)nc2ccccc21. The van der Waals surface area contributed by atoms with E-state index in [2.05, 4.69) is 27.9 Å². The van der Waals surface area contributed by atoms with Gasteiger partial charge in [-0.1, -0.05) is 24.3 Å². The maximum absolute atomic E-state index is 13.6. The van der Waals surface area contributed by atoms with Crippen molar-refractivity contribution in [3.05, 3.63) is 65.7 Å². The zero-order chi connectivity index (χ0) is 16.5. The topological polar surface area (TPSA) is 33.1 Å². The summed E-state index contributed by atoms with van der Waals surface area (Å²) in [5.41, 5.74) is 3.18. The highest BCUT2D eigenvalue weighted by Gasteiger charge is 2.25. The van der Waals surface area contributed by atoms with Crippen molar-refractivity contribution >= 4 is 23.4 Å². The number of hydrogen-bond acceptors (Lipinski definition) is 3. The predicted octanol–water partition coefficient (Wildman–Crippen LogP) is 3.28. The van der Waals surface area contributed by atoms with Crippen LogP contribution in [-0.2, 0) is 13.6 Å². The van der Waals surface area contributed by atoms with Crippen LogP contribution in [0.25, 0.3) is 11.0 Å². The molecular weight excluding hydrogens is 339 g/mol. The van der Waals surface area contributed by atoms with Crippen LogP contribution in [0.15, 0.2) is 48.5 Å². The molecule has 0 saturated carbocycles. The van der Waals surface area contributed by atoms with Gasteiger partial charge in [-0.2, -0.15) is 0 Å². The smallest absolute Gasteiger partial charge is 0.123 e. The second-order valence-electron chi connectivity index (χ2n) is 6.32. The van der Waals surface area contributed by atoms with E-state index in [0.717, 1.165) is 48.6 Å². The zero-order valence-electron chi connectivity index (χ0n) is 14.2. The van der Waals surface area contributed by atoms with Gasteiger partial charge in [0.25, 0.3) is 0 Å². The fourth-order valence-electron chi connectivity index (χ4n) is 3.50. The summed E-state index contributed by atoms with van der Waals surface area (Å²) in [7, 11) is 2.06. The summed E-state index contributed by atoms with van der Waals surface area (Å²) >= 11 is 0. The highest BCUT2D eigenvalue weighted by atomic mass is 35.5. The fraction of sp³-hybridized carbons (Fsp3) is 0.316. The first-order valence-electron chi connectivity index (χ1n) is 8.33. The third-order valence-electron chi connectivity index (χ3n) is 4.81. The zero-order valence-corrected chi connectivity index (χ0v) is 15.0. The number of benzene rings is 2. The molecule has 6 heteroatoms. The largest absolute Gasteiger partial charge is 0.330 e. The molecule has 4 rings (SSSR count). The molecule has 0 bridgehead atoms. The number of rotatable bonds is 3. The molecule has 1 atom stereocenters. The first kappa shape index (κ1) is 17.9. The number of aromatic nitrogens is 2. The molecule has 1 fully saturated rings. The Morgan fingerprint density at radius 3 is 2.84 bits per heavy atom. The van der Waals surface area contributed by atoms with E-state index in [9.17, 15) is 4.39 Å². The van der Waals surface area contributed by atoms with Crippen molar-refractivity contribution in [1.82, 2.24) is 19.8 Å². The minimum Gasteiger partial charge on any atom is -0.330 e. The predicted molar refractivity (Wildman–Crippen MR) is 100 cm³/mol. The number of aryl methyl sites for hydroxylation is 1. The molecule has 1 aliphatic rings. The Balaban J connectivity index is 0.00000182. The highest BCUT2D eigenvalue weighted by molar-refractivity contribution is 5.85. The lowest BCUT2D eigenvalue weighted by molar-refractivity contribution is 0.148. The Morgan fingerprint density at radius 2 is 2.04 bits per heavy atom. The molecule has 25 heavy (non-hydrogen) atoms. The number of nitrogens with zero attached hydrogens (tertiary/aromatic N) is 3. The molecule has 4 nitrogen and oxygen atoms in total. The van der Waals surface area contributed by atoms with E-state index >= 15 is 0 Å². The van der Waals surface area contributed by atoms with Crippen molar-refractivity contribution in [2.75, 3.05) is 19.6 Å². The fourth-order valence-corrected chi connectivity index (χ4v) is 3.50. The third-order valence-corrected chi connectivity index (χ3v) is 4.81. The summed E-state index contributed by atoms with van der Waals surface area (Å²) in [6, 6.07) is 15.3. The molecule has 1 unspecified atom stereocenters. The Bertz CT molecular complexity index is 864. The number of piperazine rings is 1. The van der Waals surface area contributed by atoms with E-state index in [1.807, 2.05) is 24.3 Å². The Labute approximate surface area is 153 Å². The lowest BCUT2D eigenvalue weighted by Gasteiger charge is -2.36. The van der Waals surface area contributed by atoms with E-state index in [0.29, 0.717) is 0 Å². The molecule has 0 radical (unpaired) electrons. The second-order valence-corrected chi connectivity index (χ2v) is 6.32. The van der Waals surface area contributed by atoms with Gasteiger partial charge >= 0.3 is 0 Å². The van der Waals surface area contributed by atoms with E-state index in [-0.39, 0.29) is 24.3 Å². The standard InChI is InChI=1S/C19H21FN4.ClH/c1-23-17-8-3-2-7-16(17)22-19(23)13-24-10-9-21-12-18(24)14-5-4-6-15(20)11-14;/h2-8,11,18,21H,9-10,12-13H2,1H3;1H. The van der Waals surface area contributed by atoms with Gasteiger partial charge in [0.15, 0.2) is 0 Å². The molecule has 0 spiro atoms. The van der Waals surface area contributed by atoms with E-state index in [4.69, 9.17) is 4.98 Å². The van der Waals surface area contributed by atoms with Crippen molar-refractivity contribution in [1.29, 1.82) is 0 Å². The number of halogens is 2. The van der Waals surface area contributed by atoms with Gasteiger partial charge < -0.3 is 9.88 Å². The molecule has 3 aromatic rings. The van der Waals surface area contributed by atoms with E-state index < -0.39 is 0 Å². The van der Waals surface area contributed by atoms with Gasteiger partial charge in [-0.25, -0.2) is 9.37 Å². The van der Waals surface area contributed by atoms with Crippen LogP contribution < -0.4 is 5.32 Å². The summed E-state index contributed by atoms with van der Waals surface area (Å²) < 4.78 is 15.8. The van der Waals surface area contributed by atoms with Gasteiger partial charge in [0.1, 0.15) is 11.6 Å². The van der Waals surface area contributed by atoms with Crippen molar-refractivity contribution in [3.8, 4) is 0 Å². The number of nitrogens with one attached hydrogen (secondary N) is 1. The van der Waals surface area contributed by atoms with Gasteiger partial charge in [0, 0.05) is 32.7 Å². The average molecular weight is 361 g/mol. The maximum Gasteiger partial charge on any atom is 0.123 e. The van der Waals surface area contributed by atoms with Crippen LogP contribution in [0.1, 0.15) is 17.4 Å². The number of imidazole rings is 1. The summed E-state index contributed by atoms with van der Waals surface area (Å²) in [5.74, 6) is 0.861. The van der Waals surface area contributed by atoms with Crippen LogP contribution in [0.4, 0.5) is 4.39 Å². The summed E-state index contributed by atoms with van der Waals surface area (Å²) in [4.78, 5) is 7.16. The van der Waals surface area contributed by atoms with Crippen molar-refractivity contribution in [2.45, 2.75) is 12.6 Å². The maximum atomic E-state index is 13.6. The number of para-hydroxylation sites is 2. The normalized spacial score (nSPS) is 18.2.